The number of aromatic nitrogens is 1. The number of hydrogen-bond donors (Lipinski definition) is 3. The molecule has 2 heterocycles. The lowest BCUT2D eigenvalue weighted by Crippen LogP contribution is -2.32. The number of H-pyrrole nitrogens is 1. The lowest BCUT2D eigenvalue weighted by molar-refractivity contribution is -0.119. The zero-order valence-corrected chi connectivity index (χ0v) is 21.9. The van der Waals surface area contributed by atoms with E-state index in [2.05, 4.69) is 15.6 Å². The van der Waals surface area contributed by atoms with E-state index >= 15 is 0 Å². The standard InChI is InChI=1S/C28H34N4O5/c1-16(33)29-10-8-19-15-31-25-13-24(27(37-5)14-22(19)25)28-21(9-11-30-17(2)34)23-12-20(36-4)6-7-26(23)32(28)18(3)35/h6-7,12-15,21,28,31H,8-11H2,1-5H3,(H,29,33)(H,30,34)/t21-,28-/m1/s1. The van der Waals surface area contributed by atoms with E-state index in [4.69, 9.17) is 9.47 Å². The number of carbonyl (C=O) groups excluding carboxylic acids is 3. The topological polar surface area (TPSA) is 113 Å². The van der Waals surface area contributed by atoms with Crippen molar-refractivity contribution in [1.29, 1.82) is 0 Å². The molecular formula is C28H34N4O5. The van der Waals surface area contributed by atoms with Crippen LogP contribution in [0.15, 0.2) is 36.5 Å². The lowest BCUT2D eigenvalue weighted by atomic mass is 9.86. The highest BCUT2D eigenvalue weighted by Crippen LogP contribution is 2.53. The van der Waals surface area contributed by atoms with E-state index < -0.39 is 0 Å². The Balaban J connectivity index is 1.81. The summed E-state index contributed by atoms with van der Waals surface area (Å²) in [5.74, 6) is 1.05. The van der Waals surface area contributed by atoms with E-state index in [9.17, 15) is 14.4 Å². The number of fused-ring (bicyclic) bond motifs is 2. The number of benzene rings is 2. The Labute approximate surface area is 216 Å². The van der Waals surface area contributed by atoms with Crippen molar-refractivity contribution >= 4 is 34.3 Å². The Hall–Kier alpha value is -4.01. The number of methoxy groups -OCH3 is 2. The van der Waals surface area contributed by atoms with Crippen LogP contribution < -0.4 is 25.0 Å². The molecule has 0 saturated heterocycles. The quantitative estimate of drug-likeness (QED) is 0.411. The van der Waals surface area contributed by atoms with Crippen molar-refractivity contribution in [3.05, 3.63) is 53.2 Å². The maximum absolute atomic E-state index is 13.1. The van der Waals surface area contributed by atoms with Crippen molar-refractivity contribution in [3.8, 4) is 11.5 Å². The molecule has 2 atom stereocenters. The van der Waals surface area contributed by atoms with Gasteiger partial charge in [-0.25, -0.2) is 0 Å². The lowest BCUT2D eigenvalue weighted by Gasteiger charge is -2.30. The summed E-state index contributed by atoms with van der Waals surface area (Å²) in [5.41, 5.74) is 4.69. The van der Waals surface area contributed by atoms with Gasteiger partial charge in [0, 0.05) is 68.1 Å². The Morgan fingerprint density at radius 3 is 2.32 bits per heavy atom. The molecule has 196 valence electrons. The second kappa shape index (κ2) is 10.9. The molecule has 3 aromatic rings. The number of amides is 3. The van der Waals surface area contributed by atoms with Gasteiger partial charge in [-0.05, 0) is 54.3 Å². The average Bonchev–Trinajstić information content (AvgIpc) is 3.40. The molecule has 0 unspecified atom stereocenters. The monoisotopic (exact) mass is 506 g/mol. The number of carbonyl (C=O) groups is 3. The Morgan fingerprint density at radius 1 is 0.946 bits per heavy atom. The summed E-state index contributed by atoms with van der Waals surface area (Å²) in [6.07, 6.45) is 3.25. The van der Waals surface area contributed by atoms with Crippen LogP contribution in [0.4, 0.5) is 5.69 Å². The number of hydrogen-bond acceptors (Lipinski definition) is 5. The molecule has 37 heavy (non-hydrogen) atoms. The van der Waals surface area contributed by atoms with Gasteiger partial charge < -0.3 is 30.0 Å². The second-order valence-electron chi connectivity index (χ2n) is 9.32. The van der Waals surface area contributed by atoms with Crippen LogP contribution in [0, 0.1) is 0 Å². The third-order valence-electron chi connectivity index (χ3n) is 6.93. The Bertz CT molecular complexity index is 1330. The number of rotatable bonds is 9. The van der Waals surface area contributed by atoms with Gasteiger partial charge in [-0.3, -0.25) is 14.4 Å². The zero-order valence-electron chi connectivity index (χ0n) is 21.9. The summed E-state index contributed by atoms with van der Waals surface area (Å²) >= 11 is 0. The molecule has 0 fully saturated rings. The van der Waals surface area contributed by atoms with Gasteiger partial charge in [0.25, 0.3) is 0 Å². The first-order valence-electron chi connectivity index (χ1n) is 12.4. The molecule has 1 aliphatic rings. The molecule has 0 saturated carbocycles. The third kappa shape index (κ3) is 5.26. The third-order valence-corrected chi connectivity index (χ3v) is 6.93. The van der Waals surface area contributed by atoms with Crippen LogP contribution in [-0.2, 0) is 20.8 Å². The number of anilines is 1. The minimum atomic E-state index is -0.334. The van der Waals surface area contributed by atoms with Crippen LogP contribution in [0.1, 0.15) is 55.8 Å². The first-order valence-corrected chi connectivity index (χ1v) is 12.4. The summed E-state index contributed by atoms with van der Waals surface area (Å²) in [6, 6.07) is 9.46. The molecule has 9 heteroatoms. The molecule has 2 aromatic carbocycles. The molecule has 3 N–H and O–H groups in total. The van der Waals surface area contributed by atoms with Crippen molar-refractivity contribution in [2.75, 3.05) is 32.2 Å². The molecule has 0 aliphatic carbocycles. The first kappa shape index (κ1) is 26.1. The molecule has 0 bridgehead atoms. The number of nitrogens with zero attached hydrogens (tertiary/aromatic N) is 1. The number of ether oxygens (including phenoxy) is 2. The highest BCUT2D eigenvalue weighted by atomic mass is 16.5. The SMILES string of the molecule is COc1ccc2c(c1)[C@@H](CCNC(C)=O)[C@H](c1cc3[nH]cc(CCNC(C)=O)c3cc1OC)N2C(C)=O. The summed E-state index contributed by atoms with van der Waals surface area (Å²) in [5, 5.41) is 6.74. The van der Waals surface area contributed by atoms with Crippen LogP contribution in [-0.4, -0.2) is 50.0 Å². The number of nitrogens with one attached hydrogen (secondary N) is 3. The molecule has 4 rings (SSSR count). The van der Waals surface area contributed by atoms with Gasteiger partial charge in [0.1, 0.15) is 11.5 Å². The van der Waals surface area contributed by atoms with Gasteiger partial charge in [-0.2, -0.15) is 0 Å². The maximum atomic E-state index is 13.1. The fourth-order valence-corrected chi connectivity index (χ4v) is 5.33. The van der Waals surface area contributed by atoms with E-state index in [1.807, 2.05) is 41.4 Å². The largest absolute Gasteiger partial charge is 0.497 e. The van der Waals surface area contributed by atoms with E-state index in [-0.39, 0.29) is 29.7 Å². The van der Waals surface area contributed by atoms with Crippen LogP contribution in [0.5, 0.6) is 11.5 Å². The second-order valence-corrected chi connectivity index (χ2v) is 9.32. The Morgan fingerprint density at radius 2 is 1.68 bits per heavy atom. The van der Waals surface area contributed by atoms with Gasteiger partial charge in [0.15, 0.2) is 0 Å². The van der Waals surface area contributed by atoms with E-state index in [1.54, 1.807) is 21.1 Å². The van der Waals surface area contributed by atoms with Crippen LogP contribution in [0.2, 0.25) is 0 Å². The smallest absolute Gasteiger partial charge is 0.224 e. The molecule has 9 nitrogen and oxygen atoms in total. The van der Waals surface area contributed by atoms with Gasteiger partial charge in [-0.1, -0.05) is 0 Å². The summed E-state index contributed by atoms with van der Waals surface area (Å²) in [4.78, 5) is 41.1. The zero-order chi connectivity index (χ0) is 26.7. The van der Waals surface area contributed by atoms with E-state index in [1.165, 1.54) is 13.8 Å². The van der Waals surface area contributed by atoms with Gasteiger partial charge in [0.2, 0.25) is 17.7 Å². The molecular weight excluding hydrogens is 472 g/mol. The predicted molar refractivity (Wildman–Crippen MR) is 142 cm³/mol. The highest BCUT2D eigenvalue weighted by Gasteiger charge is 2.43. The molecule has 1 aromatic heterocycles. The minimum Gasteiger partial charge on any atom is -0.497 e. The maximum Gasteiger partial charge on any atom is 0.224 e. The predicted octanol–water partition coefficient (Wildman–Crippen LogP) is 3.58. The fraction of sp³-hybridized carbons (Fsp3) is 0.393. The minimum absolute atomic E-state index is 0.0632. The summed E-state index contributed by atoms with van der Waals surface area (Å²) < 4.78 is 11.4. The highest BCUT2D eigenvalue weighted by molar-refractivity contribution is 5.96. The molecule has 0 radical (unpaired) electrons. The summed E-state index contributed by atoms with van der Waals surface area (Å²) in [7, 11) is 3.25. The van der Waals surface area contributed by atoms with Crippen LogP contribution in [0.25, 0.3) is 10.9 Å². The summed E-state index contributed by atoms with van der Waals surface area (Å²) in [6.45, 7) is 5.57. The normalized spacial score (nSPS) is 16.4. The van der Waals surface area contributed by atoms with Gasteiger partial charge in [-0.15, -0.1) is 0 Å². The average molecular weight is 507 g/mol. The van der Waals surface area contributed by atoms with E-state index in [0.29, 0.717) is 37.4 Å². The van der Waals surface area contributed by atoms with Crippen LogP contribution >= 0.6 is 0 Å². The van der Waals surface area contributed by atoms with E-state index in [0.717, 1.165) is 33.3 Å². The van der Waals surface area contributed by atoms with Crippen molar-refractivity contribution in [2.24, 2.45) is 0 Å². The Kier molecular flexibility index (Phi) is 7.71. The molecule has 0 spiro atoms. The van der Waals surface area contributed by atoms with Crippen molar-refractivity contribution in [2.45, 2.75) is 45.6 Å². The first-order chi connectivity index (χ1) is 17.7. The van der Waals surface area contributed by atoms with Gasteiger partial charge in [0.05, 0.1) is 20.3 Å². The fourth-order valence-electron chi connectivity index (χ4n) is 5.33. The van der Waals surface area contributed by atoms with Gasteiger partial charge >= 0.3 is 0 Å². The van der Waals surface area contributed by atoms with Crippen molar-refractivity contribution in [3.63, 3.8) is 0 Å². The van der Waals surface area contributed by atoms with Crippen LogP contribution in [0.3, 0.4) is 0 Å². The van der Waals surface area contributed by atoms with Crippen molar-refractivity contribution in [1.82, 2.24) is 15.6 Å². The number of aromatic amines is 1. The molecule has 3 amide bonds. The van der Waals surface area contributed by atoms with Crippen molar-refractivity contribution < 1.29 is 23.9 Å². The molecule has 1 aliphatic heterocycles.